The Balaban J connectivity index is 1.68. The Morgan fingerprint density at radius 1 is 1.05 bits per heavy atom. The quantitative estimate of drug-likeness (QED) is 0.626. The van der Waals surface area contributed by atoms with Gasteiger partial charge in [-0.1, -0.05) is 32.4 Å². The predicted octanol–water partition coefficient (Wildman–Crippen LogP) is 4.95. The smallest absolute Gasteiger partial charge is 0.0577 e. The molecule has 0 radical (unpaired) electrons. The first kappa shape index (κ1) is 14.3. The summed E-state index contributed by atoms with van der Waals surface area (Å²) in [5.41, 5.74) is 2.64. The molecule has 0 aromatic carbocycles. The van der Waals surface area contributed by atoms with Crippen LogP contribution in [-0.4, -0.2) is 11.2 Å². The molecule has 1 heteroatoms. The maximum Gasteiger partial charge on any atom is 0.0577 e. The monoisotopic (exact) mass is 288 g/mol. The minimum Gasteiger partial charge on any atom is -0.393 e. The number of aliphatic hydroxyl groups excluding tert-OH is 1. The van der Waals surface area contributed by atoms with E-state index in [9.17, 15) is 5.11 Å². The van der Waals surface area contributed by atoms with Gasteiger partial charge in [-0.05, 0) is 85.9 Å². The molecular formula is C20H32O. The molecule has 0 aromatic rings. The number of fused-ring (bicyclic) bond motifs is 5. The highest BCUT2D eigenvalue weighted by molar-refractivity contribution is 5.25. The molecule has 0 spiro atoms. The van der Waals surface area contributed by atoms with E-state index in [2.05, 4.69) is 26.8 Å². The van der Waals surface area contributed by atoms with E-state index < -0.39 is 0 Å². The molecular weight excluding hydrogens is 256 g/mol. The molecule has 0 aliphatic heterocycles. The second-order valence-corrected chi connectivity index (χ2v) is 9.18. The highest BCUT2D eigenvalue weighted by Gasteiger charge is 2.57. The van der Waals surface area contributed by atoms with Crippen LogP contribution in [-0.2, 0) is 0 Å². The minimum absolute atomic E-state index is 0.0683. The first-order valence-electron chi connectivity index (χ1n) is 9.33. The van der Waals surface area contributed by atoms with Crippen molar-refractivity contribution in [1.82, 2.24) is 0 Å². The largest absolute Gasteiger partial charge is 0.393 e. The van der Waals surface area contributed by atoms with Crippen LogP contribution in [0.25, 0.3) is 0 Å². The van der Waals surface area contributed by atoms with Crippen LogP contribution >= 0.6 is 0 Å². The highest BCUT2D eigenvalue weighted by Crippen LogP contribution is 2.66. The summed E-state index contributed by atoms with van der Waals surface area (Å²) in [4.78, 5) is 0. The normalized spacial score (nSPS) is 56.2. The van der Waals surface area contributed by atoms with E-state index in [1.165, 1.54) is 38.5 Å². The molecule has 0 heterocycles. The third kappa shape index (κ3) is 1.85. The zero-order chi connectivity index (χ0) is 14.8. The number of rotatable bonds is 0. The fourth-order valence-electron chi connectivity index (χ4n) is 6.90. The molecule has 21 heavy (non-hydrogen) atoms. The molecule has 1 N–H and O–H groups in total. The minimum atomic E-state index is -0.0683. The van der Waals surface area contributed by atoms with Gasteiger partial charge in [0.15, 0.2) is 0 Å². The molecule has 3 saturated carbocycles. The van der Waals surface area contributed by atoms with Crippen molar-refractivity contribution in [2.45, 2.75) is 78.2 Å². The Kier molecular flexibility index (Phi) is 3.13. The van der Waals surface area contributed by atoms with Gasteiger partial charge in [-0.2, -0.15) is 0 Å². The summed E-state index contributed by atoms with van der Waals surface area (Å²) >= 11 is 0. The molecule has 4 rings (SSSR count). The summed E-state index contributed by atoms with van der Waals surface area (Å²) in [6.07, 6.45) is 12.8. The van der Waals surface area contributed by atoms with Crippen molar-refractivity contribution in [1.29, 1.82) is 0 Å². The Morgan fingerprint density at radius 2 is 1.86 bits per heavy atom. The Labute approximate surface area is 130 Å². The van der Waals surface area contributed by atoms with Crippen molar-refractivity contribution >= 4 is 0 Å². The number of aliphatic hydroxyl groups is 1. The standard InChI is InChI=1S/C20H32O/c1-13-4-7-17-16-6-5-14-12-15(21)8-10-20(14,3)18(16)9-11-19(13,17)2/h5,13,15-18,21H,4,6-12H2,1-3H3/t13?,15-,16?,17?,18?,19+,20-/m0/s1. The molecule has 0 bridgehead atoms. The fourth-order valence-corrected chi connectivity index (χ4v) is 6.90. The van der Waals surface area contributed by atoms with Crippen LogP contribution in [0.1, 0.15) is 72.1 Å². The van der Waals surface area contributed by atoms with Gasteiger partial charge in [0.1, 0.15) is 0 Å². The number of allylic oxidation sites excluding steroid dienone is 1. The third-order valence-electron chi connectivity index (χ3n) is 8.55. The van der Waals surface area contributed by atoms with Crippen LogP contribution in [0.4, 0.5) is 0 Å². The first-order chi connectivity index (χ1) is 9.95. The van der Waals surface area contributed by atoms with E-state index >= 15 is 0 Å². The summed E-state index contributed by atoms with van der Waals surface area (Å²) in [6.45, 7) is 7.63. The predicted molar refractivity (Wildman–Crippen MR) is 86.9 cm³/mol. The lowest BCUT2D eigenvalue weighted by Crippen LogP contribution is -2.50. The van der Waals surface area contributed by atoms with E-state index in [1.54, 1.807) is 5.57 Å². The van der Waals surface area contributed by atoms with Gasteiger partial charge >= 0.3 is 0 Å². The summed E-state index contributed by atoms with van der Waals surface area (Å²) in [7, 11) is 0. The van der Waals surface area contributed by atoms with Gasteiger partial charge in [0.05, 0.1) is 6.10 Å². The summed E-state index contributed by atoms with van der Waals surface area (Å²) in [5, 5.41) is 10.0. The molecule has 4 unspecified atom stereocenters. The van der Waals surface area contributed by atoms with Gasteiger partial charge in [0.2, 0.25) is 0 Å². The molecule has 0 aromatic heterocycles. The van der Waals surface area contributed by atoms with Crippen molar-refractivity contribution in [3.8, 4) is 0 Å². The van der Waals surface area contributed by atoms with E-state index in [0.29, 0.717) is 10.8 Å². The van der Waals surface area contributed by atoms with Gasteiger partial charge in [-0.25, -0.2) is 0 Å². The van der Waals surface area contributed by atoms with Crippen LogP contribution in [0.5, 0.6) is 0 Å². The molecule has 0 amide bonds. The Morgan fingerprint density at radius 3 is 2.67 bits per heavy atom. The molecule has 1 nitrogen and oxygen atoms in total. The van der Waals surface area contributed by atoms with Crippen LogP contribution < -0.4 is 0 Å². The van der Waals surface area contributed by atoms with Gasteiger partial charge in [0, 0.05) is 0 Å². The first-order valence-corrected chi connectivity index (χ1v) is 9.33. The van der Waals surface area contributed by atoms with E-state index in [1.807, 2.05) is 0 Å². The number of hydrogen-bond acceptors (Lipinski definition) is 1. The van der Waals surface area contributed by atoms with E-state index in [0.717, 1.165) is 36.5 Å². The molecule has 118 valence electrons. The fraction of sp³-hybridized carbons (Fsp3) is 0.900. The second-order valence-electron chi connectivity index (χ2n) is 9.18. The Hall–Kier alpha value is -0.300. The lowest BCUT2D eigenvalue weighted by Gasteiger charge is -2.58. The van der Waals surface area contributed by atoms with Gasteiger partial charge in [0.25, 0.3) is 0 Å². The summed E-state index contributed by atoms with van der Waals surface area (Å²) < 4.78 is 0. The maximum atomic E-state index is 10.0. The average Bonchev–Trinajstić information content (AvgIpc) is 2.76. The molecule has 0 saturated heterocycles. The molecule has 4 aliphatic carbocycles. The van der Waals surface area contributed by atoms with Crippen molar-refractivity contribution in [3.05, 3.63) is 11.6 Å². The molecule has 3 fully saturated rings. The topological polar surface area (TPSA) is 20.2 Å². The van der Waals surface area contributed by atoms with E-state index in [-0.39, 0.29) is 6.10 Å². The average molecular weight is 288 g/mol. The van der Waals surface area contributed by atoms with Gasteiger partial charge < -0.3 is 5.11 Å². The van der Waals surface area contributed by atoms with Crippen molar-refractivity contribution in [2.24, 2.45) is 34.5 Å². The summed E-state index contributed by atoms with van der Waals surface area (Å²) in [5.74, 6) is 3.72. The molecule has 4 aliphatic rings. The van der Waals surface area contributed by atoms with Crippen LogP contribution in [0.3, 0.4) is 0 Å². The number of hydrogen-bond donors (Lipinski definition) is 1. The Bertz CT molecular complexity index is 466. The van der Waals surface area contributed by atoms with Crippen molar-refractivity contribution in [2.75, 3.05) is 0 Å². The van der Waals surface area contributed by atoms with Crippen LogP contribution in [0.2, 0.25) is 0 Å². The van der Waals surface area contributed by atoms with Gasteiger partial charge in [-0.15, -0.1) is 0 Å². The van der Waals surface area contributed by atoms with Crippen LogP contribution in [0.15, 0.2) is 11.6 Å². The van der Waals surface area contributed by atoms with Gasteiger partial charge in [-0.3, -0.25) is 0 Å². The van der Waals surface area contributed by atoms with Crippen molar-refractivity contribution < 1.29 is 5.11 Å². The second kappa shape index (κ2) is 4.60. The lowest BCUT2D eigenvalue weighted by molar-refractivity contribution is -0.0474. The maximum absolute atomic E-state index is 10.0. The van der Waals surface area contributed by atoms with Crippen LogP contribution in [0, 0.1) is 34.5 Å². The zero-order valence-electron chi connectivity index (χ0n) is 14.1. The summed E-state index contributed by atoms with van der Waals surface area (Å²) in [6, 6.07) is 0. The highest BCUT2D eigenvalue weighted by atomic mass is 16.3. The molecule has 7 atom stereocenters. The zero-order valence-corrected chi connectivity index (χ0v) is 14.1. The van der Waals surface area contributed by atoms with Crippen molar-refractivity contribution in [3.63, 3.8) is 0 Å². The SMILES string of the molecule is CC1CCC2C3CC=C4C[C@@H](O)CC[C@]4(C)C3CC[C@]12C. The van der Waals surface area contributed by atoms with E-state index in [4.69, 9.17) is 0 Å². The lowest BCUT2D eigenvalue weighted by atomic mass is 9.47. The third-order valence-corrected chi connectivity index (χ3v) is 8.55.